The SMILES string of the molecule is CC(=O)c1c(C)cc(N2CCCC2)cc1C. The van der Waals surface area contributed by atoms with Crippen molar-refractivity contribution in [2.45, 2.75) is 33.6 Å². The van der Waals surface area contributed by atoms with E-state index in [0.29, 0.717) is 0 Å². The van der Waals surface area contributed by atoms with Crippen LogP contribution in [0.15, 0.2) is 12.1 Å². The van der Waals surface area contributed by atoms with Crippen molar-refractivity contribution in [3.8, 4) is 0 Å². The number of ketones is 1. The zero-order valence-corrected chi connectivity index (χ0v) is 10.3. The van der Waals surface area contributed by atoms with Crippen molar-refractivity contribution in [3.63, 3.8) is 0 Å². The first-order chi connectivity index (χ1) is 7.59. The Balaban J connectivity index is 2.40. The van der Waals surface area contributed by atoms with Crippen LogP contribution in [0.4, 0.5) is 5.69 Å². The normalized spacial score (nSPS) is 15.6. The third-order valence-corrected chi connectivity index (χ3v) is 3.34. The number of anilines is 1. The summed E-state index contributed by atoms with van der Waals surface area (Å²) in [5.74, 6) is 0.169. The van der Waals surface area contributed by atoms with Gasteiger partial charge in [0.05, 0.1) is 0 Å². The number of aryl methyl sites for hydroxylation is 2. The molecule has 86 valence electrons. The fourth-order valence-electron chi connectivity index (χ4n) is 2.65. The molecule has 0 bridgehead atoms. The summed E-state index contributed by atoms with van der Waals surface area (Å²) in [6.07, 6.45) is 2.57. The van der Waals surface area contributed by atoms with Gasteiger partial charge in [0, 0.05) is 24.3 Å². The molecule has 1 fully saturated rings. The quantitative estimate of drug-likeness (QED) is 0.709. The van der Waals surface area contributed by atoms with E-state index in [0.717, 1.165) is 29.8 Å². The maximum atomic E-state index is 11.5. The summed E-state index contributed by atoms with van der Waals surface area (Å²) in [4.78, 5) is 13.9. The minimum atomic E-state index is 0.169. The number of Topliss-reactive ketones (excluding diaryl/α,β-unsaturated/α-hetero) is 1. The monoisotopic (exact) mass is 217 g/mol. The Morgan fingerprint density at radius 2 is 1.62 bits per heavy atom. The molecule has 0 atom stereocenters. The van der Waals surface area contributed by atoms with Gasteiger partial charge in [-0.1, -0.05) is 0 Å². The molecule has 1 aromatic carbocycles. The highest BCUT2D eigenvalue weighted by Gasteiger charge is 2.15. The smallest absolute Gasteiger partial charge is 0.160 e. The Kier molecular flexibility index (Phi) is 2.99. The molecule has 2 heteroatoms. The molecule has 1 aliphatic heterocycles. The number of carbonyl (C=O) groups is 1. The lowest BCUT2D eigenvalue weighted by atomic mass is 9.98. The third-order valence-electron chi connectivity index (χ3n) is 3.34. The second kappa shape index (κ2) is 4.28. The highest BCUT2D eigenvalue weighted by molar-refractivity contribution is 5.97. The van der Waals surface area contributed by atoms with Crippen molar-refractivity contribution in [2.24, 2.45) is 0 Å². The first kappa shape index (κ1) is 11.2. The van der Waals surface area contributed by atoms with Crippen LogP contribution in [0.2, 0.25) is 0 Å². The Labute approximate surface area is 97.3 Å². The predicted octanol–water partition coefficient (Wildman–Crippen LogP) is 3.11. The predicted molar refractivity (Wildman–Crippen MR) is 67.4 cm³/mol. The second-order valence-corrected chi connectivity index (χ2v) is 4.70. The topological polar surface area (TPSA) is 20.3 Å². The van der Waals surface area contributed by atoms with E-state index in [1.165, 1.54) is 18.5 Å². The first-order valence-electron chi connectivity index (χ1n) is 5.96. The van der Waals surface area contributed by atoms with E-state index in [9.17, 15) is 4.79 Å². The summed E-state index contributed by atoms with van der Waals surface area (Å²) in [6.45, 7) is 8.01. The number of benzene rings is 1. The summed E-state index contributed by atoms with van der Waals surface area (Å²) >= 11 is 0. The lowest BCUT2D eigenvalue weighted by Crippen LogP contribution is -2.18. The van der Waals surface area contributed by atoms with Crippen molar-refractivity contribution in [1.82, 2.24) is 0 Å². The van der Waals surface area contributed by atoms with Crippen LogP contribution in [-0.2, 0) is 0 Å². The van der Waals surface area contributed by atoms with Gasteiger partial charge in [-0.3, -0.25) is 4.79 Å². The lowest BCUT2D eigenvalue weighted by molar-refractivity contribution is 0.101. The third kappa shape index (κ3) is 1.97. The fraction of sp³-hybridized carbons (Fsp3) is 0.500. The van der Waals surface area contributed by atoms with Gasteiger partial charge in [0.15, 0.2) is 5.78 Å². The standard InChI is InChI=1S/C14H19NO/c1-10-8-13(15-6-4-5-7-15)9-11(2)14(10)12(3)16/h8-9H,4-7H2,1-3H3. The molecule has 0 unspecified atom stereocenters. The molecule has 1 aliphatic rings. The lowest BCUT2D eigenvalue weighted by Gasteiger charge is -2.20. The van der Waals surface area contributed by atoms with Gasteiger partial charge in [-0.2, -0.15) is 0 Å². The molecule has 1 saturated heterocycles. The molecular formula is C14H19NO. The van der Waals surface area contributed by atoms with E-state index in [-0.39, 0.29) is 5.78 Å². The molecule has 0 saturated carbocycles. The first-order valence-corrected chi connectivity index (χ1v) is 5.96. The molecule has 1 heterocycles. The van der Waals surface area contributed by atoms with Gasteiger partial charge in [-0.05, 0) is 56.9 Å². The van der Waals surface area contributed by atoms with Crippen LogP contribution in [-0.4, -0.2) is 18.9 Å². The van der Waals surface area contributed by atoms with Crippen LogP contribution in [0.3, 0.4) is 0 Å². The van der Waals surface area contributed by atoms with Crippen molar-refractivity contribution < 1.29 is 4.79 Å². The van der Waals surface area contributed by atoms with E-state index < -0.39 is 0 Å². The van der Waals surface area contributed by atoms with Crippen molar-refractivity contribution in [1.29, 1.82) is 0 Å². The molecule has 2 rings (SSSR count). The van der Waals surface area contributed by atoms with E-state index >= 15 is 0 Å². The van der Waals surface area contributed by atoms with Gasteiger partial charge in [-0.15, -0.1) is 0 Å². The zero-order valence-electron chi connectivity index (χ0n) is 10.3. The summed E-state index contributed by atoms with van der Waals surface area (Å²) < 4.78 is 0. The highest BCUT2D eigenvalue weighted by atomic mass is 16.1. The van der Waals surface area contributed by atoms with Crippen molar-refractivity contribution in [2.75, 3.05) is 18.0 Å². The van der Waals surface area contributed by atoms with Crippen LogP contribution < -0.4 is 4.90 Å². The number of carbonyl (C=O) groups excluding carboxylic acids is 1. The Morgan fingerprint density at radius 1 is 1.12 bits per heavy atom. The van der Waals surface area contributed by atoms with Gasteiger partial charge in [-0.25, -0.2) is 0 Å². The van der Waals surface area contributed by atoms with Crippen LogP contribution >= 0.6 is 0 Å². The summed E-state index contributed by atoms with van der Waals surface area (Å²) in [6, 6.07) is 4.30. The summed E-state index contributed by atoms with van der Waals surface area (Å²) in [5.41, 5.74) is 4.38. The molecular weight excluding hydrogens is 198 g/mol. The molecule has 0 N–H and O–H groups in total. The summed E-state index contributed by atoms with van der Waals surface area (Å²) in [7, 11) is 0. The number of rotatable bonds is 2. The van der Waals surface area contributed by atoms with E-state index in [1.54, 1.807) is 6.92 Å². The van der Waals surface area contributed by atoms with Crippen LogP contribution in [0.5, 0.6) is 0 Å². The van der Waals surface area contributed by atoms with Crippen LogP contribution in [0, 0.1) is 13.8 Å². The van der Waals surface area contributed by atoms with Gasteiger partial charge >= 0.3 is 0 Å². The molecule has 0 aromatic heterocycles. The van der Waals surface area contributed by atoms with Gasteiger partial charge in [0.2, 0.25) is 0 Å². The van der Waals surface area contributed by atoms with Gasteiger partial charge < -0.3 is 4.90 Å². The van der Waals surface area contributed by atoms with Crippen LogP contribution in [0.25, 0.3) is 0 Å². The van der Waals surface area contributed by atoms with E-state index in [1.807, 2.05) is 13.8 Å². The van der Waals surface area contributed by atoms with Gasteiger partial charge in [0.25, 0.3) is 0 Å². The molecule has 0 amide bonds. The van der Waals surface area contributed by atoms with Crippen molar-refractivity contribution in [3.05, 3.63) is 28.8 Å². The Morgan fingerprint density at radius 3 is 2.06 bits per heavy atom. The Bertz CT molecular complexity index is 394. The molecule has 16 heavy (non-hydrogen) atoms. The van der Waals surface area contributed by atoms with Gasteiger partial charge in [0.1, 0.15) is 0 Å². The Hall–Kier alpha value is -1.31. The maximum absolute atomic E-state index is 11.5. The summed E-state index contributed by atoms with van der Waals surface area (Å²) in [5, 5.41) is 0. The zero-order chi connectivity index (χ0) is 11.7. The number of hydrogen-bond donors (Lipinski definition) is 0. The van der Waals surface area contributed by atoms with E-state index in [2.05, 4.69) is 17.0 Å². The molecule has 0 spiro atoms. The second-order valence-electron chi connectivity index (χ2n) is 4.70. The fourth-order valence-corrected chi connectivity index (χ4v) is 2.65. The molecule has 0 radical (unpaired) electrons. The molecule has 1 aromatic rings. The number of hydrogen-bond acceptors (Lipinski definition) is 2. The van der Waals surface area contributed by atoms with Crippen LogP contribution in [0.1, 0.15) is 41.3 Å². The highest BCUT2D eigenvalue weighted by Crippen LogP contribution is 2.26. The van der Waals surface area contributed by atoms with E-state index in [4.69, 9.17) is 0 Å². The minimum Gasteiger partial charge on any atom is -0.372 e. The molecule has 0 aliphatic carbocycles. The largest absolute Gasteiger partial charge is 0.372 e. The van der Waals surface area contributed by atoms with Crippen molar-refractivity contribution >= 4 is 11.5 Å². The maximum Gasteiger partial charge on any atom is 0.160 e. The molecule has 2 nitrogen and oxygen atoms in total. The number of nitrogens with zero attached hydrogens (tertiary/aromatic N) is 1. The minimum absolute atomic E-state index is 0.169. The average Bonchev–Trinajstić information content (AvgIpc) is 2.67. The average molecular weight is 217 g/mol.